The van der Waals surface area contributed by atoms with E-state index in [-0.39, 0.29) is 6.04 Å². The molecule has 2 atom stereocenters. The molecule has 0 spiro atoms. The molecule has 2 aromatic rings. The van der Waals surface area contributed by atoms with Crippen molar-refractivity contribution in [1.82, 2.24) is 9.97 Å². The Kier molecular flexibility index (Phi) is 3.34. The van der Waals surface area contributed by atoms with Gasteiger partial charge >= 0.3 is 0 Å². The first-order valence-electron chi connectivity index (χ1n) is 8.14. The number of aliphatic hydroxyl groups excluding tert-OH is 1. The van der Waals surface area contributed by atoms with Crippen LogP contribution in [0.3, 0.4) is 0 Å². The van der Waals surface area contributed by atoms with Crippen molar-refractivity contribution in [3.8, 4) is 0 Å². The second-order valence-electron chi connectivity index (χ2n) is 6.31. The summed E-state index contributed by atoms with van der Waals surface area (Å²) in [4.78, 5) is 9.37. The third-order valence-corrected chi connectivity index (χ3v) is 4.69. The highest BCUT2D eigenvalue weighted by molar-refractivity contribution is 5.48. The molecule has 2 aliphatic carbocycles. The minimum Gasteiger partial charge on any atom is -0.390 e. The van der Waals surface area contributed by atoms with Crippen molar-refractivity contribution in [2.75, 3.05) is 5.32 Å². The van der Waals surface area contributed by atoms with E-state index >= 15 is 0 Å². The number of nitrogens with zero attached hydrogens (tertiary/aromatic N) is 2. The number of benzene rings is 1. The first-order valence-corrected chi connectivity index (χ1v) is 8.14. The average molecular weight is 295 g/mol. The number of hydrogen-bond donors (Lipinski definition) is 2. The summed E-state index contributed by atoms with van der Waals surface area (Å²) in [6, 6.07) is 8.14. The van der Waals surface area contributed by atoms with Gasteiger partial charge in [-0.1, -0.05) is 31.2 Å². The minimum atomic E-state index is -0.409. The summed E-state index contributed by atoms with van der Waals surface area (Å²) in [6.07, 6.45) is 5.48. The van der Waals surface area contributed by atoms with Crippen LogP contribution in [-0.2, 0) is 12.8 Å². The number of fused-ring (bicyclic) bond motifs is 1. The lowest BCUT2D eigenvalue weighted by Gasteiger charge is -2.20. The van der Waals surface area contributed by atoms with Crippen LogP contribution in [0.15, 0.2) is 30.5 Å². The maximum Gasteiger partial charge on any atom is 0.148 e. The smallest absolute Gasteiger partial charge is 0.148 e. The van der Waals surface area contributed by atoms with Crippen molar-refractivity contribution < 1.29 is 5.11 Å². The van der Waals surface area contributed by atoms with Crippen LogP contribution in [0.2, 0.25) is 0 Å². The second-order valence-corrected chi connectivity index (χ2v) is 6.31. The highest BCUT2D eigenvalue weighted by atomic mass is 16.3. The number of rotatable bonds is 4. The molecule has 2 aliphatic rings. The van der Waals surface area contributed by atoms with Gasteiger partial charge in [0.05, 0.1) is 23.5 Å². The highest BCUT2D eigenvalue weighted by Crippen LogP contribution is 2.40. The molecular weight excluding hydrogens is 274 g/mol. The fourth-order valence-corrected chi connectivity index (χ4v) is 3.27. The van der Waals surface area contributed by atoms with E-state index in [0.717, 1.165) is 23.6 Å². The molecule has 1 heterocycles. The van der Waals surface area contributed by atoms with Gasteiger partial charge in [-0.2, -0.15) is 0 Å². The maximum absolute atomic E-state index is 10.4. The molecule has 0 aliphatic heterocycles. The van der Waals surface area contributed by atoms with Crippen LogP contribution in [0, 0.1) is 0 Å². The van der Waals surface area contributed by atoms with Gasteiger partial charge in [0.15, 0.2) is 0 Å². The van der Waals surface area contributed by atoms with Crippen LogP contribution in [0.5, 0.6) is 0 Å². The van der Waals surface area contributed by atoms with Crippen molar-refractivity contribution in [1.29, 1.82) is 0 Å². The largest absolute Gasteiger partial charge is 0.390 e. The Morgan fingerprint density at radius 2 is 2.09 bits per heavy atom. The van der Waals surface area contributed by atoms with Gasteiger partial charge < -0.3 is 10.4 Å². The summed E-state index contributed by atoms with van der Waals surface area (Å²) in [5, 5.41) is 13.9. The molecule has 4 heteroatoms. The minimum absolute atomic E-state index is 0.0924. The summed E-state index contributed by atoms with van der Waals surface area (Å²) < 4.78 is 0. The van der Waals surface area contributed by atoms with Crippen LogP contribution in [0.4, 0.5) is 5.82 Å². The number of aliphatic hydroxyl groups is 1. The average Bonchev–Trinajstić information content (AvgIpc) is 3.33. The normalized spacial score (nSPS) is 23.4. The molecule has 4 rings (SSSR count). The fraction of sp³-hybridized carbons (Fsp3) is 0.444. The van der Waals surface area contributed by atoms with Gasteiger partial charge in [0.25, 0.3) is 0 Å². The Labute approximate surface area is 130 Å². The Hall–Kier alpha value is -1.94. The number of nitrogens with one attached hydrogen (secondary N) is 1. The van der Waals surface area contributed by atoms with Gasteiger partial charge in [0, 0.05) is 18.5 Å². The van der Waals surface area contributed by atoms with Gasteiger partial charge in [-0.15, -0.1) is 0 Å². The first kappa shape index (κ1) is 13.7. The summed E-state index contributed by atoms with van der Waals surface area (Å²) in [7, 11) is 0. The van der Waals surface area contributed by atoms with Gasteiger partial charge in [-0.25, -0.2) is 4.98 Å². The van der Waals surface area contributed by atoms with E-state index in [1.807, 2.05) is 18.3 Å². The van der Waals surface area contributed by atoms with E-state index < -0.39 is 6.10 Å². The summed E-state index contributed by atoms with van der Waals surface area (Å²) >= 11 is 0. The molecule has 1 saturated carbocycles. The van der Waals surface area contributed by atoms with Crippen molar-refractivity contribution in [3.63, 3.8) is 0 Å². The van der Waals surface area contributed by atoms with Gasteiger partial charge in [-0.05, 0) is 30.4 Å². The van der Waals surface area contributed by atoms with E-state index in [1.54, 1.807) is 0 Å². The molecule has 0 amide bonds. The van der Waals surface area contributed by atoms with Crippen molar-refractivity contribution in [2.45, 2.75) is 50.7 Å². The predicted octanol–water partition coefficient (Wildman–Crippen LogP) is 2.99. The first-order chi connectivity index (χ1) is 10.8. The molecule has 0 radical (unpaired) electrons. The van der Waals surface area contributed by atoms with Gasteiger partial charge in [0.1, 0.15) is 5.82 Å². The van der Waals surface area contributed by atoms with Crippen LogP contribution in [0.1, 0.15) is 54.2 Å². The van der Waals surface area contributed by atoms with Crippen molar-refractivity contribution in [3.05, 3.63) is 53.0 Å². The quantitative estimate of drug-likeness (QED) is 0.910. The van der Waals surface area contributed by atoms with E-state index in [9.17, 15) is 5.11 Å². The Morgan fingerprint density at radius 1 is 1.27 bits per heavy atom. The van der Waals surface area contributed by atoms with E-state index in [1.165, 1.54) is 24.0 Å². The summed E-state index contributed by atoms with van der Waals surface area (Å²) in [6.45, 7) is 2.09. The van der Waals surface area contributed by atoms with E-state index in [0.29, 0.717) is 12.3 Å². The molecule has 2 N–H and O–H groups in total. The fourth-order valence-electron chi connectivity index (χ4n) is 3.27. The molecule has 0 saturated heterocycles. The topological polar surface area (TPSA) is 58.0 Å². The zero-order valence-electron chi connectivity index (χ0n) is 12.8. The molecule has 1 fully saturated rings. The molecule has 2 unspecified atom stereocenters. The van der Waals surface area contributed by atoms with E-state index in [2.05, 4.69) is 29.4 Å². The number of aryl methyl sites for hydroxylation is 1. The molecule has 1 aromatic carbocycles. The molecule has 1 aromatic heterocycles. The number of aromatic nitrogens is 2. The molecule has 0 bridgehead atoms. The molecule has 114 valence electrons. The Balaban J connectivity index is 1.66. The van der Waals surface area contributed by atoms with Crippen molar-refractivity contribution in [2.24, 2.45) is 0 Å². The van der Waals surface area contributed by atoms with Gasteiger partial charge in [0.2, 0.25) is 0 Å². The molecule has 4 nitrogen and oxygen atoms in total. The molecule has 22 heavy (non-hydrogen) atoms. The zero-order valence-corrected chi connectivity index (χ0v) is 12.8. The second kappa shape index (κ2) is 5.36. The third-order valence-electron chi connectivity index (χ3n) is 4.69. The third kappa shape index (κ3) is 2.37. The monoisotopic (exact) mass is 295 g/mol. The van der Waals surface area contributed by atoms with Crippen molar-refractivity contribution >= 4 is 5.82 Å². The standard InChI is InChI=1S/C18H21N3O/c1-2-14-18(20-15(10-19-14)11-7-8-11)21-17-13-6-4-3-5-12(13)9-16(17)22/h3-6,10-11,16-17,22H,2,7-9H2,1H3,(H,20,21). The van der Waals surface area contributed by atoms with E-state index in [4.69, 9.17) is 4.98 Å². The zero-order chi connectivity index (χ0) is 15.1. The predicted molar refractivity (Wildman–Crippen MR) is 85.9 cm³/mol. The maximum atomic E-state index is 10.4. The lowest BCUT2D eigenvalue weighted by molar-refractivity contribution is 0.165. The lowest BCUT2D eigenvalue weighted by atomic mass is 10.1. The van der Waals surface area contributed by atoms with Crippen LogP contribution in [-0.4, -0.2) is 21.2 Å². The SMILES string of the molecule is CCc1ncc(C2CC2)nc1NC1c2ccccc2CC1O. The lowest BCUT2D eigenvalue weighted by Crippen LogP contribution is -2.23. The van der Waals surface area contributed by atoms with Crippen LogP contribution >= 0.6 is 0 Å². The van der Waals surface area contributed by atoms with Crippen LogP contribution < -0.4 is 5.32 Å². The Bertz CT molecular complexity index is 696. The number of hydrogen-bond acceptors (Lipinski definition) is 4. The number of anilines is 1. The van der Waals surface area contributed by atoms with Gasteiger partial charge in [-0.3, -0.25) is 4.98 Å². The summed E-state index contributed by atoms with van der Waals surface area (Å²) in [5.74, 6) is 1.42. The Morgan fingerprint density at radius 3 is 2.86 bits per heavy atom. The highest BCUT2D eigenvalue weighted by Gasteiger charge is 2.32. The van der Waals surface area contributed by atoms with Crippen LogP contribution in [0.25, 0.3) is 0 Å². The molecular formula is C18H21N3O. The summed E-state index contributed by atoms with van der Waals surface area (Å²) in [5.41, 5.74) is 4.45.